The van der Waals surface area contributed by atoms with Crippen molar-refractivity contribution in [1.82, 2.24) is 14.9 Å². The van der Waals surface area contributed by atoms with E-state index in [4.69, 9.17) is 4.74 Å². The van der Waals surface area contributed by atoms with E-state index in [-0.39, 0.29) is 11.9 Å². The first-order valence-corrected chi connectivity index (χ1v) is 8.18. The van der Waals surface area contributed by atoms with E-state index < -0.39 is 0 Å². The number of aromatic nitrogens is 2. The van der Waals surface area contributed by atoms with Crippen molar-refractivity contribution in [2.45, 2.75) is 19.6 Å². The number of carbonyl (C=O) groups excluding carboxylic acids is 1. The minimum Gasteiger partial charge on any atom is -0.486 e. The zero-order valence-electron chi connectivity index (χ0n) is 14.3. The molecule has 0 fully saturated rings. The van der Waals surface area contributed by atoms with Crippen LogP contribution >= 0.6 is 0 Å². The van der Waals surface area contributed by atoms with Gasteiger partial charge in [-0.25, -0.2) is 4.98 Å². The summed E-state index contributed by atoms with van der Waals surface area (Å²) >= 11 is 0. The molecule has 0 aliphatic rings. The van der Waals surface area contributed by atoms with Gasteiger partial charge in [-0.05, 0) is 36.8 Å². The van der Waals surface area contributed by atoms with E-state index in [9.17, 15) is 4.79 Å². The van der Waals surface area contributed by atoms with Crippen molar-refractivity contribution >= 4 is 5.91 Å². The number of imidazole rings is 1. The number of nitrogens with zero attached hydrogens (tertiary/aromatic N) is 2. The minimum atomic E-state index is -0.105. The molecular formula is C20H21N3O2. The van der Waals surface area contributed by atoms with Crippen molar-refractivity contribution in [3.8, 4) is 5.75 Å². The Bertz CT molecular complexity index is 826. The Kier molecular flexibility index (Phi) is 5.14. The van der Waals surface area contributed by atoms with Gasteiger partial charge in [0.2, 0.25) is 0 Å². The molecule has 0 aliphatic carbocycles. The normalized spacial score (nSPS) is 11.8. The van der Waals surface area contributed by atoms with E-state index in [1.165, 1.54) is 0 Å². The molecule has 5 heteroatoms. The molecule has 5 nitrogen and oxygen atoms in total. The van der Waals surface area contributed by atoms with Crippen LogP contribution in [0.15, 0.2) is 67.0 Å². The van der Waals surface area contributed by atoms with Gasteiger partial charge in [-0.15, -0.1) is 0 Å². The van der Waals surface area contributed by atoms with E-state index in [1.807, 2.05) is 55.1 Å². The lowest BCUT2D eigenvalue weighted by Crippen LogP contribution is -2.26. The third kappa shape index (κ3) is 4.26. The van der Waals surface area contributed by atoms with Crippen molar-refractivity contribution in [1.29, 1.82) is 0 Å². The number of hydrogen-bond acceptors (Lipinski definition) is 3. The second-order valence-corrected chi connectivity index (χ2v) is 5.87. The molecule has 1 N–H and O–H groups in total. The van der Waals surface area contributed by atoms with Gasteiger partial charge in [0.25, 0.3) is 5.91 Å². The van der Waals surface area contributed by atoms with Gasteiger partial charge in [0.15, 0.2) is 0 Å². The first kappa shape index (κ1) is 16.8. The van der Waals surface area contributed by atoms with Gasteiger partial charge >= 0.3 is 0 Å². The van der Waals surface area contributed by atoms with Crippen LogP contribution in [0.3, 0.4) is 0 Å². The molecule has 1 amide bonds. The first-order chi connectivity index (χ1) is 12.1. The van der Waals surface area contributed by atoms with Crippen molar-refractivity contribution in [3.63, 3.8) is 0 Å². The highest BCUT2D eigenvalue weighted by Crippen LogP contribution is 2.16. The standard InChI is InChI=1S/C20H21N3O2/c1-15(16-6-4-3-5-7-16)22-20(24)17-8-10-18(11-9-17)25-14-19-21-12-13-23(19)2/h3-13,15H,14H2,1-2H3,(H,22,24). The van der Waals surface area contributed by atoms with Gasteiger partial charge in [0.05, 0.1) is 6.04 Å². The van der Waals surface area contributed by atoms with E-state index in [0.717, 1.165) is 11.4 Å². The molecule has 0 saturated carbocycles. The molecule has 0 aliphatic heterocycles. The summed E-state index contributed by atoms with van der Waals surface area (Å²) in [4.78, 5) is 16.6. The van der Waals surface area contributed by atoms with Crippen LogP contribution in [0.4, 0.5) is 0 Å². The Hall–Kier alpha value is -3.08. The summed E-state index contributed by atoms with van der Waals surface area (Å²) < 4.78 is 7.61. The molecule has 2 aromatic carbocycles. The number of hydrogen-bond donors (Lipinski definition) is 1. The van der Waals surface area contributed by atoms with Crippen molar-refractivity contribution < 1.29 is 9.53 Å². The smallest absolute Gasteiger partial charge is 0.251 e. The number of carbonyl (C=O) groups is 1. The fourth-order valence-electron chi connectivity index (χ4n) is 2.49. The van der Waals surface area contributed by atoms with Gasteiger partial charge in [0.1, 0.15) is 18.2 Å². The average Bonchev–Trinajstić information content (AvgIpc) is 3.06. The summed E-state index contributed by atoms with van der Waals surface area (Å²) in [6.45, 7) is 2.36. The zero-order chi connectivity index (χ0) is 17.6. The van der Waals surface area contributed by atoms with E-state index in [2.05, 4.69) is 10.3 Å². The van der Waals surface area contributed by atoms with Gasteiger partial charge in [-0.2, -0.15) is 0 Å². The van der Waals surface area contributed by atoms with E-state index in [1.54, 1.807) is 30.5 Å². The molecule has 1 unspecified atom stereocenters. The van der Waals surface area contributed by atoms with Crippen LogP contribution in [0.25, 0.3) is 0 Å². The minimum absolute atomic E-state index is 0.0481. The Labute approximate surface area is 147 Å². The predicted octanol–water partition coefficient (Wildman–Crippen LogP) is 3.49. The van der Waals surface area contributed by atoms with Crippen LogP contribution in [0.5, 0.6) is 5.75 Å². The molecule has 3 rings (SSSR count). The molecule has 0 bridgehead atoms. The van der Waals surface area contributed by atoms with Crippen LogP contribution in [0.1, 0.15) is 34.7 Å². The van der Waals surface area contributed by atoms with Gasteiger partial charge in [0, 0.05) is 25.0 Å². The Balaban J connectivity index is 1.58. The second kappa shape index (κ2) is 7.66. The number of benzene rings is 2. The SMILES string of the molecule is CC(NC(=O)c1ccc(OCc2nccn2C)cc1)c1ccccc1. The number of aryl methyl sites for hydroxylation is 1. The topological polar surface area (TPSA) is 56.1 Å². The lowest BCUT2D eigenvalue weighted by molar-refractivity contribution is 0.0940. The van der Waals surface area contributed by atoms with Crippen molar-refractivity contribution in [2.24, 2.45) is 7.05 Å². The molecule has 0 spiro atoms. The molecular weight excluding hydrogens is 314 g/mol. The third-order valence-electron chi connectivity index (χ3n) is 4.05. The van der Waals surface area contributed by atoms with Crippen LogP contribution < -0.4 is 10.1 Å². The summed E-state index contributed by atoms with van der Waals surface area (Å²) in [5.41, 5.74) is 1.68. The summed E-state index contributed by atoms with van der Waals surface area (Å²) in [7, 11) is 1.92. The third-order valence-corrected chi connectivity index (χ3v) is 4.05. The zero-order valence-corrected chi connectivity index (χ0v) is 14.3. The van der Waals surface area contributed by atoms with Crippen LogP contribution in [0, 0.1) is 0 Å². The maximum Gasteiger partial charge on any atom is 0.251 e. The number of nitrogens with one attached hydrogen (secondary N) is 1. The van der Waals surface area contributed by atoms with Crippen LogP contribution in [-0.4, -0.2) is 15.5 Å². The molecule has 128 valence electrons. The molecule has 3 aromatic rings. The lowest BCUT2D eigenvalue weighted by Gasteiger charge is -2.14. The Morgan fingerprint density at radius 3 is 2.52 bits per heavy atom. The average molecular weight is 335 g/mol. The Morgan fingerprint density at radius 1 is 1.16 bits per heavy atom. The Morgan fingerprint density at radius 2 is 1.88 bits per heavy atom. The number of ether oxygens (including phenoxy) is 1. The summed E-state index contributed by atoms with van der Waals surface area (Å²) in [6, 6.07) is 17.0. The van der Waals surface area contributed by atoms with E-state index >= 15 is 0 Å². The van der Waals surface area contributed by atoms with Gasteiger partial charge in [-0.1, -0.05) is 30.3 Å². The molecule has 1 atom stereocenters. The highest BCUT2D eigenvalue weighted by molar-refractivity contribution is 5.94. The lowest BCUT2D eigenvalue weighted by atomic mass is 10.1. The number of rotatable bonds is 6. The first-order valence-electron chi connectivity index (χ1n) is 8.18. The van der Waals surface area contributed by atoms with Gasteiger partial charge < -0.3 is 14.6 Å². The largest absolute Gasteiger partial charge is 0.486 e. The molecule has 1 heterocycles. The monoisotopic (exact) mass is 335 g/mol. The molecule has 0 radical (unpaired) electrons. The van der Waals surface area contributed by atoms with Crippen molar-refractivity contribution in [3.05, 3.63) is 83.9 Å². The predicted molar refractivity (Wildman–Crippen MR) is 96.3 cm³/mol. The molecule has 25 heavy (non-hydrogen) atoms. The second-order valence-electron chi connectivity index (χ2n) is 5.87. The van der Waals surface area contributed by atoms with Crippen molar-refractivity contribution in [2.75, 3.05) is 0 Å². The maximum absolute atomic E-state index is 12.4. The summed E-state index contributed by atoms with van der Waals surface area (Å²) in [5, 5.41) is 3.00. The highest BCUT2D eigenvalue weighted by atomic mass is 16.5. The van der Waals surface area contributed by atoms with Crippen LogP contribution in [0.2, 0.25) is 0 Å². The molecule has 1 aromatic heterocycles. The summed E-state index contributed by atoms with van der Waals surface area (Å²) in [5.74, 6) is 1.45. The van der Waals surface area contributed by atoms with E-state index in [0.29, 0.717) is 17.9 Å². The quantitative estimate of drug-likeness (QED) is 0.750. The fourth-order valence-corrected chi connectivity index (χ4v) is 2.49. The van der Waals surface area contributed by atoms with Gasteiger partial charge in [-0.3, -0.25) is 4.79 Å². The fraction of sp³-hybridized carbons (Fsp3) is 0.200. The maximum atomic E-state index is 12.4. The molecule has 0 saturated heterocycles. The highest BCUT2D eigenvalue weighted by Gasteiger charge is 2.11. The number of amides is 1. The van der Waals surface area contributed by atoms with Crippen LogP contribution in [-0.2, 0) is 13.7 Å². The summed E-state index contributed by atoms with van der Waals surface area (Å²) in [6.07, 6.45) is 3.61.